The molecule has 0 aliphatic carbocycles. The zero-order valence-electron chi connectivity index (χ0n) is 8.74. The van der Waals surface area contributed by atoms with Crippen LogP contribution < -0.4 is 5.43 Å². The maximum absolute atomic E-state index is 11.2. The fraction of sp³-hybridized carbons (Fsp3) is 0.333. The third-order valence-corrected chi connectivity index (χ3v) is 2.20. The topological polar surface area (TPSA) is 54.5 Å². The summed E-state index contributed by atoms with van der Waals surface area (Å²) in [6.45, 7) is 0. The van der Waals surface area contributed by atoms with E-state index < -0.39 is 5.97 Å². The Morgan fingerprint density at radius 3 is 2.73 bits per heavy atom. The number of hydrazine groups is 1. The van der Waals surface area contributed by atoms with Crippen LogP contribution in [0.15, 0.2) is 16.7 Å². The molecule has 0 amide bonds. The molecule has 1 rings (SSSR count). The zero-order valence-corrected chi connectivity index (χ0v) is 10.3. The molecule has 1 aromatic heterocycles. The van der Waals surface area contributed by atoms with Crippen LogP contribution in [0.4, 0.5) is 5.82 Å². The van der Waals surface area contributed by atoms with Crippen molar-refractivity contribution in [2.24, 2.45) is 0 Å². The fourth-order valence-electron chi connectivity index (χ4n) is 0.961. The van der Waals surface area contributed by atoms with Crippen molar-refractivity contribution >= 4 is 27.7 Å². The quantitative estimate of drug-likeness (QED) is 0.669. The number of aromatic nitrogens is 1. The molecule has 0 spiro atoms. The minimum atomic E-state index is -0.403. The summed E-state index contributed by atoms with van der Waals surface area (Å²) in [6.07, 6.45) is 1.46. The van der Waals surface area contributed by atoms with Gasteiger partial charge in [-0.05, 0) is 22.0 Å². The van der Waals surface area contributed by atoms with Gasteiger partial charge in [0, 0.05) is 20.3 Å². The number of nitrogens with one attached hydrogen (secondary N) is 1. The Balaban J connectivity index is 2.93. The summed E-state index contributed by atoms with van der Waals surface area (Å²) in [5, 5.41) is 1.75. The van der Waals surface area contributed by atoms with Crippen molar-refractivity contribution in [1.82, 2.24) is 9.99 Å². The molecule has 1 aromatic rings. The maximum atomic E-state index is 11.2. The van der Waals surface area contributed by atoms with Crippen molar-refractivity contribution in [3.05, 3.63) is 22.3 Å². The monoisotopic (exact) mass is 273 g/mol. The van der Waals surface area contributed by atoms with Gasteiger partial charge in [-0.15, -0.1) is 0 Å². The van der Waals surface area contributed by atoms with Gasteiger partial charge in [0.25, 0.3) is 0 Å². The van der Waals surface area contributed by atoms with Crippen LogP contribution in [0, 0.1) is 0 Å². The Hall–Kier alpha value is -1.14. The van der Waals surface area contributed by atoms with Crippen LogP contribution in [-0.2, 0) is 4.74 Å². The Kier molecular flexibility index (Phi) is 4.05. The highest BCUT2D eigenvalue weighted by atomic mass is 79.9. The van der Waals surface area contributed by atoms with E-state index in [1.807, 2.05) is 14.1 Å². The first-order valence-electron chi connectivity index (χ1n) is 4.22. The number of carbonyl (C=O) groups is 1. The largest absolute Gasteiger partial charge is 0.465 e. The van der Waals surface area contributed by atoms with Crippen LogP contribution in [0.3, 0.4) is 0 Å². The Bertz CT molecular complexity index is 368. The van der Waals surface area contributed by atoms with E-state index in [2.05, 4.69) is 31.1 Å². The van der Waals surface area contributed by atoms with E-state index in [9.17, 15) is 4.79 Å². The molecule has 0 aliphatic heterocycles. The van der Waals surface area contributed by atoms with Crippen molar-refractivity contribution in [1.29, 1.82) is 0 Å². The molecule has 0 saturated heterocycles. The second-order valence-electron chi connectivity index (χ2n) is 3.05. The Morgan fingerprint density at radius 2 is 2.27 bits per heavy atom. The summed E-state index contributed by atoms with van der Waals surface area (Å²) in [5.74, 6) is 0.243. The fourth-order valence-corrected chi connectivity index (χ4v) is 1.40. The van der Waals surface area contributed by atoms with Crippen molar-refractivity contribution in [2.75, 3.05) is 26.6 Å². The second-order valence-corrected chi connectivity index (χ2v) is 3.91. The molecule has 0 bridgehead atoms. The molecule has 82 valence electrons. The molecular formula is C9H12BrN3O2. The molecule has 0 fully saturated rings. The highest BCUT2D eigenvalue weighted by Crippen LogP contribution is 2.21. The van der Waals surface area contributed by atoms with Crippen LogP contribution in [0.5, 0.6) is 0 Å². The van der Waals surface area contributed by atoms with E-state index in [1.165, 1.54) is 13.3 Å². The molecule has 5 nitrogen and oxygen atoms in total. The molecule has 0 aromatic carbocycles. The van der Waals surface area contributed by atoms with Crippen LogP contribution >= 0.6 is 15.9 Å². The van der Waals surface area contributed by atoms with Gasteiger partial charge in [-0.3, -0.25) is 0 Å². The smallest absolute Gasteiger partial charge is 0.339 e. The summed E-state index contributed by atoms with van der Waals surface area (Å²) in [7, 11) is 5.03. The van der Waals surface area contributed by atoms with Gasteiger partial charge in [0.2, 0.25) is 0 Å². The minimum absolute atomic E-state index is 0.403. The maximum Gasteiger partial charge on any atom is 0.339 e. The molecule has 0 saturated carbocycles. The molecule has 0 atom stereocenters. The van der Waals surface area contributed by atoms with Crippen LogP contribution in [0.1, 0.15) is 10.4 Å². The zero-order chi connectivity index (χ0) is 11.4. The number of nitrogens with zero attached hydrogens (tertiary/aromatic N) is 2. The molecular weight excluding hydrogens is 262 g/mol. The highest BCUT2D eigenvalue weighted by molar-refractivity contribution is 9.10. The average molecular weight is 274 g/mol. The summed E-state index contributed by atoms with van der Waals surface area (Å²) in [5.41, 5.74) is 3.39. The van der Waals surface area contributed by atoms with Gasteiger partial charge >= 0.3 is 5.97 Å². The molecule has 1 heterocycles. The average Bonchev–Trinajstić information content (AvgIpc) is 2.19. The van der Waals surface area contributed by atoms with Gasteiger partial charge in [-0.25, -0.2) is 14.8 Å². The van der Waals surface area contributed by atoms with E-state index in [0.717, 1.165) is 0 Å². The number of esters is 1. The number of carbonyl (C=O) groups excluding carboxylic acids is 1. The number of anilines is 1. The van der Waals surface area contributed by atoms with Gasteiger partial charge in [-0.1, -0.05) is 0 Å². The van der Waals surface area contributed by atoms with Crippen LogP contribution in [0.25, 0.3) is 0 Å². The standard InChI is InChI=1S/C9H12BrN3O2/c1-13(2)12-8-7(10)4-6(5-11-8)9(14)15-3/h4-5H,1-3H3,(H,11,12). The van der Waals surface area contributed by atoms with Gasteiger partial charge in [-0.2, -0.15) is 0 Å². The lowest BCUT2D eigenvalue weighted by molar-refractivity contribution is 0.0600. The number of methoxy groups -OCH3 is 1. The van der Waals surface area contributed by atoms with Gasteiger partial charge in [0.05, 0.1) is 17.1 Å². The lowest BCUT2D eigenvalue weighted by atomic mass is 10.3. The molecule has 1 N–H and O–H groups in total. The number of ether oxygens (including phenoxy) is 1. The van der Waals surface area contributed by atoms with E-state index >= 15 is 0 Å². The predicted molar refractivity (Wildman–Crippen MR) is 60.6 cm³/mol. The molecule has 0 unspecified atom stereocenters. The van der Waals surface area contributed by atoms with Gasteiger partial charge in [0.15, 0.2) is 5.82 Å². The normalized spacial score (nSPS) is 10.2. The summed E-state index contributed by atoms with van der Waals surface area (Å²) >= 11 is 3.31. The summed E-state index contributed by atoms with van der Waals surface area (Å²) in [6, 6.07) is 1.66. The Labute approximate surface area is 96.5 Å². The molecule has 6 heteroatoms. The number of pyridine rings is 1. The first kappa shape index (κ1) is 11.9. The molecule has 15 heavy (non-hydrogen) atoms. The van der Waals surface area contributed by atoms with Gasteiger partial charge < -0.3 is 10.2 Å². The molecule has 0 aliphatic rings. The first-order valence-corrected chi connectivity index (χ1v) is 5.01. The van der Waals surface area contributed by atoms with E-state index in [-0.39, 0.29) is 0 Å². The van der Waals surface area contributed by atoms with E-state index in [4.69, 9.17) is 0 Å². The van der Waals surface area contributed by atoms with Crippen molar-refractivity contribution < 1.29 is 9.53 Å². The Morgan fingerprint density at radius 1 is 1.60 bits per heavy atom. The number of halogens is 1. The van der Waals surface area contributed by atoms with Crippen LogP contribution in [-0.4, -0.2) is 37.2 Å². The highest BCUT2D eigenvalue weighted by Gasteiger charge is 2.09. The predicted octanol–water partition coefficient (Wildman–Crippen LogP) is 1.52. The third-order valence-electron chi connectivity index (χ3n) is 1.59. The van der Waals surface area contributed by atoms with E-state index in [1.54, 1.807) is 11.1 Å². The second kappa shape index (κ2) is 5.09. The SMILES string of the molecule is COC(=O)c1cnc(NN(C)C)c(Br)c1. The summed E-state index contributed by atoms with van der Waals surface area (Å²) in [4.78, 5) is 15.3. The van der Waals surface area contributed by atoms with E-state index in [0.29, 0.717) is 15.9 Å². The number of hydrogen-bond donors (Lipinski definition) is 1. The van der Waals surface area contributed by atoms with Crippen molar-refractivity contribution in [3.63, 3.8) is 0 Å². The third kappa shape index (κ3) is 3.17. The van der Waals surface area contributed by atoms with Crippen molar-refractivity contribution in [2.45, 2.75) is 0 Å². The number of rotatable bonds is 3. The van der Waals surface area contributed by atoms with Crippen LogP contribution in [0.2, 0.25) is 0 Å². The first-order chi connectivity index (χ1) is 7.04. The lowest BCUT2D eigenvalue weighted by Crippen LogP contribution is -2.20. The lowest BCUT2D eigenvalue weighted by Gasteiger charge is -2.13. The van der Waals surface area contributed by atoms with Gasteiger partial charge in [0.1, 0.15) is 0 Å². The minimum Gasteiger partial charge on any atom is -0.465 e. The summed E-state index contributed by atoms with van der Waals surface area (Å²) < 4.78 is 5.29. The molecule has 0 radical (unpaired) electrons. The number of hydrogen-bond acceptors (Lipinski definition) is 5. The van der Waals surface area contributed by atoms with Crippen molar-refractivity contribution in [3.8, 4) is 0 Å².